The lowest BCUT2D eigenvalue weighted by Crippen LogP contribution is -2.63. The summed E-state index contributed by atoms with van der Waals surface area (Å²) >= 11 is 15.7. The third-order valence-corrected chi connectivity index (χ3v) is 5.16. The Morgan fingerprint density at radius 3 is 1.82 bits per heavy atom. The molecule has 0 aromatic heterocycles. The Kier molecular flexibility index (Phi) is 9.77. The van der Waals surface area contributed by atoms with Crippen molar-refractivity contribution in [2.45, 2.75) is 58.4 Å². The molecule has 0 bridgehead atoms. The van der Waals surface area contributed by atoms with Gasteiger partial charge in [-0.3, -0.25) is 19.2 Å². The second-order valence-corrected chi connectivity index (χ2v) is 8.61. The van der Waals surface area contributed by atoms with Crippen LogP contribution in [0.15, 0.2) is 16.6 Å². The van der Waals surface area contributed by atoms with Gasteiger partial charge in [-0.25, -0.2) is 0 Å². The molecule has 0 radical (unpaired) electrons. The first kappa shape index (κ1) is 27.2. The highest BCUT2D eigenvalue weighted by Gasteiger charge is 2.53. The van der Waals surface area contributed by atoms with E-state index in [1.807, 2.05) is 0 Å². The smallest absolute Gasteiger partial charge is 0.303 e. The third-order valence-electron chi connectivity index (χ3n) is 4.15. The van der Waals surface area contributed by atoms with Crippen molar-refractivity contribution in [1.29, 1.82) is 0 Å². The van der Waals surface area contributed by atoms with E-state index >= 15 is 0 Å². The molecule has 0 amide bonds. The Labute approximate surface area is 207 Å². The second-order valence-electron chi connectivity index (χ2n) is 6.88. The monoisotopic (exact) mass is 570 g/mol. The highest BCUT2D eigenvalue weighted by molar-refractivity contribution is 9.10. The summed E-state index contributed by atoms with van der Waals surface area (Å²) < 4.78 is 33.2. The highest BCUT2D eigenvalue weighted by atomic mass is 79.9. The van der Waals surface area contributed by atoms with E-state index in [0.29, 0.717) is 4.47 Å². The van der Waals surface area contributed by atoms with Crippen molar-refractivity contribution in [3.63, 3.8) is 0 Å². The molecule has 10 nitrogen and oxygen atoms in total. The topological polar surface area (TPSA) is 124 Å². The van der Waals surface area contributed by atoms with Crippen molar-refractivity contribution in [3.8, 4) is 5.75 Å². The summed E-state index contributed by atoms with van der Waals surface area (Å²) in [5.41, 5.74) is 0. The van der Waals surface area contributed by atoms with E-state index in [0.717, 1.165) is 20.8 Å². The predicted molar refractivity (Wildman–Crippen MR) is 117 cm³/mol. The minimum Gasteiger partial charge on any atom is -0.463 e. The lowest BCUT2D eigenvalue weighted by Gasteiger charge is -2.44. The standard InChI is InChI=1S/C20H21BrCl2O10/c1-8(24)28-7-15-17(29-9(2)25)18(30-10(3)26)19(31-11(4)27)20(32-15)33-16-13(22)5-12(21)6-14(16)23/h5-6,15,17-20H,7H2,1-4H3/t15-,17-,18+,19+,20-/m1/s1. The number of rotatable bonds is 7. The third kappa shape index (κ3) is 7.73. The maximum Gasteiger partial charge on any atom is 0.303 e. The van der Waals surface area contributed by atoms with Gasteiger partial charge in [0.1, 0.15) is 12.7 Å². The van der Waals surface area contributed by atoms with Crippen LogP contribution in [0.3, 0.4) is 0 Å². The zero-order chi connectivity index (χ0) is 24.9. The molecule has 1 heterocycles. The van der Waals surface area contributed by atoms with Crippen LogP contribution in [-0.4, -0.2) is 61.2 Å². The predicted octanol–water partition coefficient (Wildman–Crippen LogP) is 3.22. The van der Waals surface area contributed by atoms with Crippen molar-refractivity contribution in [2.75, 3.05) is 6.61 Å². The second kappa shape index (κ2) is 11.9. The van der Waals surface area contributed by atoms with Gasteiger partial charge in [0, 0.05) is 32.2 Å². The van der Waals surface area contributed by atoms with Crippen LogP contribution in [0.4, 0.5) is 0 Å². The van der Waals surface area contributed by atoms with E-state index < -0.39 is 54.6 Å². The molecular formula is C20H21BrCl2O10. The van der Waals surface area contributed by atoms with Crippen LogP contribution in [0, 0.1) is 0 Å². The molecule has 1 aromatic rings. The summed E-state index contributed by atoms with van der Waals surface area (Å²) in [6, 6.07) is 3.02. The molecule has 33 heavy (non-hydrogen) atoms. The molecule has 1 fully saturated rings. The molecule has 0 aliphatic carbocycles. The summed E-state index contributed by atoms with van der Waals surface area (Å²) in [5, 5.41) is 0.199. The van der Waals surface area contributed by atoms with Crippen LogP contribution >= 0.6 is 39.1 Å². The molecular weight excluding hydrogens is 551 g/mol. The van der Waals surface area contributed by atoms with Crippen molar-refractivity contribution in [1.82, 2.24) is 0 Å². The number of carbonyl (C=O) groups is 4. The average Bonchev–Trinajstić information content (AvgIpc) is 2.66. The largest absolute Gasteiger partial charge is 0.463 e. The molecule has 1 aliphatic rings. The zero-order valence-electron chi connectivity index (χ0n) is 18.0. The average molecular weight is 572 g/mol. The van der Waals surface area contributed by atoms with Crippen LogP contribution < -0.4 is 4.74 Å². The fourth-order valence-corrected chi connectivity index (χ4v) is 4.34. The summed E-state index contributed by atoms with van der Waals surface area (Å²) in [6.45, 7) is 4.14. The number of hydrogen-bond acceptors (Lipinski definition) is 10. The van der Waals surface area contributed by atoms with E-state index in [2.05, 4.69) is 15.9 Å². The van der Waals surface area contributed by atoms with Crippen molar-refractivity contribution in [2.24, 2.45) is 0 Å². The first-order chi connectivity index (χ1) is 15.4. The van der Waals surface area contributed by atoms with E-state index in [1.54, 1.807) is 0 Å². The van der Waals surface area contributed by atoms with Crippen LogP contribution in [-0.2, 0) is 42.9 Å². The molecule has 0 unspecified atom stereocenters. The normalized spacial score (nSPS) is 24.4. The van der Waals surface area contributed by atoms with Gasteiger partial charge in [0.25, 0.3) is 0 Å². The molecule has 0 spiro atoms. The van der Waals surface area contributed by atoms with Crippen molar-refractivity contribution in [3.05, 3.63) is 26.7 Å². The van der Waals surface area contributed by atoms with Gasteiger partial charge in [-0.05, 0) is 12.1 Å². The van der Waals surface area contributed by atoms with Gasteiger partial charge in [0.15, 0.2) is 18.0 Å². The Hall–Kier alpha value is -2.08. The Morgan fingerprint density at radius 1 is 0.848 bits per heavy atom. The van der Waals surface area contributed by atoms with Gasteiger partial charge in [-0.1, -0.05) is 39.1 Å². The summed E-state index contributed by atoms with van der Waals surface area (Å²) in [6.07, 6.45) is -6.68. The van der Waals surface area contributed by atoms with Crippen LogP contribution in [0.2, 0.25) is 10.0 Å². The summed E-state index contributed by atoms with van der Waals surface area (Å²) in [7, 11) is 0. The van der Waals surface area contributed by atoms with Crippen molar-refractivity contribution < 1.29 is 47.6 Å². The molecule has 13 heteroatoms. The lowest BCUT2D eigenvalue weighted by atomic mass is 9.98. The minimum atomic E-state index is -1.44. The maximum absolute atomic E-state index is 11.8. The lowest BCUT2D eigenvalue weighted by molar-refractivity contribution is -0.288. The van der Waals surface area contributed by atoms with E-state index in [9.17, 15) is 19.2 Å². The maximum atomic E-state index is 11.8. The van der Waals surface area contributed by atoms with Gasteiger partial charge in [0.2, 0.25) is 12.4 Å². The van der Waals surface area contributed by atoms with E-state index in [1.165, 1.54) is 19.1 Å². The molecule has 1 aliphatic heterocycles. The van der Waals surface area contributed by atoms with Crippen molar-refractivity contribution >= 4 is 63.0 Å². The fourth-order valence-electron chi connectivity index (χ4n) is 3.04. The van der Waals surface area contributed by atoms with Gasteiger partial charge >= 0.3 is 23.9 Å². The summed E-state index contributed by atoms with van der Waals surface area (Å²) in [5.74, 6) is -2.91. The highest BCUT2D eigenvalue weighted by Crippen LogP contribution is 2.39. The first-order valence-corrected chi connectivity index (χ1v) is 11.1. The molecule has 5 atom stereocenters. The number of esters is 4. The molecule has 1 saturated heterocycles. The number of benzene rings is 1. The number of carbonyl (C=O) groups excluding carboxylic acids is 4. The summed E-state index contributed by atoms with van der Waals surface area (Å²) in [4.78, 5) is 46.8. The van der Waals surface area contributed by atoms with E-state index in [4.69, 9.17) is 51.6 Å². The number of ether oxygens (including phenoxy) is 6. The molecule has 0 N–H and O–H groups in total. The Bertz CT molecular complexity index is 901. The SMILES string of the molecule is CC(=O)OC[C@H]1O[C@H](Oc2c(Cl)cc(Br)cc2Cl)[C@@H](OC(C)=O)[C@@H](OC(C)=O)[C@@H]1OC(C)=O. The quantitative estimate of drug-likeness (QED) is 0.356. The van der Waals surface area contributed by atoms with Gasteiger partial charge in [-0.2, -0.15) is 0 Å². The first-order valence-electron chi connectivity index (χ1n) is 9.50. The molecule has 182 valence electrons. The van der Waals surface area contributed by atoms with Crippen LogP contribution in [0.1, 0.15) is 27.7 Å². The zero-order valence-corrected chi connectivity index (χ0v) is 21.1. The Balaban J connectivity index is 2.52. The van der Waals surface area contributed by atoms with Crippen LogP contribution in [0.25, 0.3) is 0 Å². The van der Waals surface area contributed by atoms with Gasteiger partial charge in [0.05, 0.1) is 10.0 Å². The van der Waals surface area contributed by atoms with Gasteiger partial charge < -0.3 is 28.4 Å². The number of halogens is 3. The molecule has 0 saturated carbocycles. The molecule has 2 rings (SSSR count). The van der Waals surface area contributed by atoms with Gasteiger partial charge in [-0.15, -0.1) is 0 Å². The van der Waals surface area contributed by atoms with Crippen LogP contribution in [0.5, 0.6) is 5.75 Å². The fraction of sp³-hybridized carbons (Fsp3) is 0.500. The Morgan fingerprint density at radius 2 is 1.33 bits per heavy atom. The minimum absolute atomic E-state index is 0.0116. The molecule has 1 aromatic carbocycles. The number of hydrogen-bond donors (Lipinski definition) is 0. The van der Waals surface area contributed by atoms with E-state index in [-0.39, 0.29) is 22.4 Å².